The minimum absolute atomic E-state index is 0.152. The Morgan fingerprint density at radius 3 is 2.87 bits per heavy atom. The highest BCUT2D eigenvalue weighted by Gasteiger charge is 2.37. The summed E-state index contributed by atoms with van der Waals surface area (Å²) in [4.78, 5) is 42.0. The van der Waals surface area contributed by atoms with Crippen LogP contribution in [-0.2, 0) is 20.8 Å². The average molecular weight is 433 g/mol. The van der Waals surface area contributed by atoms with Crippen LogP contribution in [-0.4, -0.2) is 69.5 Å². The maximum absolute atomic E-state index is 12.9. The molecule has 162 valence electrons. The number of nitrogens with two attached hydrogens (primary N) is 1. The monoisotopic (exact) mass is 432 g/mol. The zero-order valence-corrected chi connectivity index (χ0v) is 17.8. The fourth-order valence-corrected chi connectivity index (χ4v) is 4.36. The number of carbonyl (C=O) groups is 3. The van der Waals surface area contributed by atoms with Crippen LogP contribution in [0.1, 0.15) is 24.8 Å². The van der Waals surface area contributed by atoms with Crippen molar-refractivity contribution in [1.82, 2.24) is 15.2 Å². The van der Waals surface area contributed by atoms with Gasteiger partial charge in [0.15, 0.2) is 0 Å². The van der Waals surface area contributed by atoms with E-state index in [4.69, 9.17) is 5.73 Å². The Morgan fingerprint density at radius 2 is 2.13 bits per heavy atom. The number of aliphatic carboxylic acids is 1. The summed E-state index contributed by atoms with van der Waals surface area (Å²) in [7, 11) is 0. The Labute approximate surface area is 179 Å². The predicted octanol–water partition coefficient (Wildman–Crippen LogP) is 1.35. The number of thioether (sulfide) groups is 1. The molecule has 0 saturated carbocycles. The lowest BCUT2D eigenvalue weighted by molar-refractivity contribution is -0.144. The molecule has 3 atom stereocenters. The first kappa shape index (κ1) is 22.2. The fourth-order valence-electron chi connectivity index (χ4n) is 3.87. The number of fused-ring (bicyclic) bond motifs is 1. The van der Waals surface area contributed by atoms with Crippen LogP contribution >= 0.6 is 11.8 Å². The minimum atomic E-state index is -1.11. The molecule has 0 aliphatic carbocycles. The number of carboxylic acids is 1. The van der Waals surface area contributed by atoms with Crippen LogP contribution in [0.15, 0.2) is 30.5 Å². The highest BCUT2D eigenvalue weighted by Crippen LogP contribution is 2.21. The first-order chi connectivity index (χ1) is 14.4. The Hall–Kier alpha value is -2.52. The number of amides is 2. The van der Waals surface area contributed by atoms with Gasteiger partial charge in [0.1, 0.15) is 12.1 Å². The van der Waals surface area contributed by atoms with E-state index in [9.17, 15) is 19.5 Å². The van der Waals surface area contributed by atoms with Gasteiger partial charge < -0.3 is 26.0 Å². The molecule has 0 bridgehead atoms. The standard InChI is InChI=1S/C21H28N4O4S/c1-30-10-8-15(22)20(27)25-9-4-7-18(25)19(26)24-17(21(28)29)11-13-12-23-16-6-3-2-5-14(13)16/h2-3,5-6,12,15,17-18,23H,4,7-11,22H2,1H3,(H,24,26)(H,28,29). The van der Waals surface area contributed by atoms with E-state index in [1.165, 1.54) is 4.90 Å². The molecular weight excluding hydrogens is 404 g/mol. The van der Waals surface area contributed by atoms with Gasteiger partial charge in [0.05, 0.1) is 6.04 Å². The van der Waals surface area contributed by atoms with Crippen LogP contribution < -0.4 is 11.1 Å². The number of rotatable bonds is 9. The second-order valence-electron chi connectivity index (χ2n) is 7.54. The van der Waals surface area contributed by atoms with Gasteiger partial charge >= 0.3 is 5.97 Å². The molecule has 3 rings (SSSR count). The molecule has 1 aliphatic rings. The molecule has 2 amide bonds. The van der Waals surface area contributed by atoms with E-state index in [0.29, 0.717) is 25.8 Å². The molecule has 30 heavy (non-hydrogen) atoms. The largest absolute Gasteiger partial charge is 0.480 e. The lowest BCUT2D eigenvalue weighted by Gasteiger charge is -2.27. The van der Waals surface area contributed by atoms with Crippen LogP contribution in [0.25, 0.3) is 10.9 Å². The second kappa shape index (κ2) is 9.99. The Balaban J connectivity index is 1.68. The summed E-state index contributed by atoms with van der Waals surface area (Å²) in [5.41, 5.74) is 7.73. The second-order valence-corrected chi connectivity index (χ2v) is 8.53. The Bertz CT molecular complexity index is 915. The van der Waals surface area contributed by atoms with E-state index in [1.807, 2.05) is 30.5 Å². The van der Waals surface area contributed by atoms with Crippen molar-refractivity contribution in [3.63, 3.8) is 0 Å². The highest BCUT2D eigenvalue weighted by atomic mass is 32.2. The highest BCUT2D eigenvalue weighted by molar-refractivity contribution is 7.98. The summed E-state index contributed by atoms with van der Waals surface area (Å²) in [6.07, 6.45) is 5.61. The van der Waals surface area contributed by atoms with Crippen molar-refractivity contribution < 1.29 is 19.5 Å². The summed E-state index contributed by atoms with van der Waals surface area (Å²) >= 11 is 1.61. The average Bonchev–Trinajstić information content (AvgIpc) is 3.38. The minimum Gasteiger partial charge on any atom is -0.480 e. The number of aromatic amines is 1. The molecule has 2 aromatic rings. The maximum atomic E-state index is 12.9. The molecular formula is C21H28N4O4S. The van der Waals surface area contributed by atoms with Gasteiger partial charge in [-0.1, -0.05) is 18.2 Å². The Morgan fingerprint density at radius 1 is 1.37 bits per heavy atom. The SMILES string of the molecule is CSCCC(N)C(=O)N1CCCC1C(=O)NC(Cc1c[nH]c2ccccc12)C(=O)O. The molecule has 1 aromatic heterocycles. The fraction of sp³-hybridized carbons (Fsp3) is 0.476. The van der Waals surface area contributed by atoms with Crippen LogP contribution in [0, 0.1) is 0 Å². The topological polar surface area (TPSA) is 129 Å². The molecule has 1 aromatic carbocycles. The molecule has 1 saturated heterocycles. The van der Waals surface area contributed by atoms with Crippen LogP contribution in [0.3, 0.4) is 0 Å². The number of hydrogen-bond donors (Lipinski definition) is 4. The number of aromatic nitrogens is 1. The molecule has 9 heteroatoms. The number of hydrogen-bond acceptors (Lipinski definition) is 5. The zero-order valence-electron chi connectivity index (χ0n) is 17.0. The van der Waals surface area contributed by atoms with Crippen molar-refractivity contribution in [2.75, 3.05) is 18.6 Å². The van der Waals surface area contributed by atoms with Crippen molar-refractivity contribution in [3.8, 4) is 0 Å². The number of para-hydroxylation sites is 1. The van der Waals surface area contributed by atoms with E-state index in [-0.39, 0.29) is 12.3 Å². The molecule has 0 spiro atoms. The van der Waals surface area contributed by atoms with Gasteiger partial charge in [-0.3, -0.25) is 9.59 Å². The normalized spacial score (nSPS) is 18.3. The van der Waals surface area contributed by atoms with E-state index in [0.717, 1.165) is 22.2 Å². The van der Waals surface area contributed by atoms with Crippen molar-refractivity contribution in [3.05, 3.63) is 36.0 Å². The lowest BCUT2D eigenvalue weighted by atomic mass is 10.0. The number of H-pyrrole nitrogens is 1. The van der Waals surface area contributed by atoms with Gasteiger partial charge in [0.2, 0.25) is 11.8 Å². The van der Waals surface area contributed by atoms with Crippen LogP contribution in [0.2, 0.25) is 0 Å². The number of nitrogens with one attached hydrogen (secondary N) is 2. The number of nitrogens with zero attached hydrogens (tertiary/aromatic N) is 1. The first-order valence-electron chi connectivity index (χ1n) is 10.1. The number of benzene rings is 1. The predicted molar refractivity (Wildman–Crippen MR) is 117 cm³/mol. The quantitative estimate of drug-likeness (QED) is 0.473. The Kier molecular flexibility index (Phi) is 7.38. The van der Waals surface area contributed by atoms with Gasteiger partial charge in [-0.15, -0.1) is 0 Å². The smallest absolute Gasteiger partial charge is 0.326 e. The van der Waals surface area contributed by atoms with Crippen molar-refractivity contribution >= 4 is 40.4 Å². The summed E-state index contributed by atoms with van der Waals surface area (Å²) in [5.74, 6) is -1.03. The maximum Gasteiger partial charge on any atom is 0.326 e. The summed E-state index contributed by atoms with van der Waals surface area (Å²) in [6.45, 7) is 0.462. The molecule has 1 fully saturated rings. The summed E-state index contributed by atoms with van der Waals surface area (Å²) in [6, 6.07) is 5.20. The van der Waals surface area contributed by atoms with E-state index < -0.39 is 30.0 Å². The van der Waals surface area contributed by atoms with E-state index >= 15 is 0 Å². The number of carboxylic acid groups (broad SMARTS) is 1. The molecule has 2 heterocycles. The molecule has 8 nitrogen and oxygen atoms in total. The van der Waals surface area contributed by atoms with Gasteiger partial charge in [-0.25, -0.2) is 4.79 Å². The van der Waals surface area contributed by atoms with Gasteiger partial charge in [0.25, 0.3) is 0 Å². The van der Waals surface area contributed by atoms with Gasteiger partial charge in [-0.2, -0.15) is 11.8 Å². The lowest BCUT2D eigenvalue weighted by Crippen LogP contribution is -2.54. The number of likely N-dealkylation sites (tertiary alicyclic amines) is 1. The van der Waals surface area contributed by atoms with Crippen molar-refractivity contribution in [2.45, 2.75) is 43.8 Å². The third-order valence-electron chi connectivity index (χ3n) is 5.50. The first-order valence-corrected chi connectivity index (χ1v) is 11.4. The molecule has 0 radical (unpaired) electrons. The van der Waals surface area contributed by atoms with Crippen molar-refractivity contribution in [1.29, 1.82) is 0 Å². The van der Waals surface area contributed by atoms with Gasteiger partial charge in [-0.05, 0) is 42.9 Å². The number of carbonyl (C=O) groups excluding carboxylic acids is 2. The summed E-state index contributed by atoms with van der Waals surface area (Å²) in [5, 5.41) is 13.2. The van der Waals surface area contributed by atoms with E-state index in [2.05, 4.69) is 10.3 Å². The van der Waals surface area contributed by atoms with Crippen LogP contribution in [0.5, 0.6) is 0 Å². The third kappa shape index (κ3) is 4.96. The third-order valence-corrected chi connectivity index (χ3v) is 6.15. The van der Waals surface area contributed by atoms with E-state index in [1.54, 1.807) is 18.0 Å². The summed E-state index contributed by atoms with van der Waals surface area (Å²) < 4.78 is 0. The van der Waals surface area contributed by atoms with Crippen LogP contribution in [0.4, 0.5) is 0 Å². The molecule has 5 N–H and O–H groups in total. The molecule has 1 aliphatic heterocycles. The molecule has 3 unspecified atom stereocenters. The van der Waals surface area contributed by atoms with Gasteiger partial charge in [0, 0.05) is 30.1 Å². The zero-order chi connectivity index (χ0) is 21.7. The van der Waals surface area contributed by atoms with Crippen molar-refractivity contribution in [2.24, 2.45) is 5.73 Å².